The van der Waals surface area contributed by atoms with E-state index in [2.05, 4.69) is 0 Å². The van der Waals surface area contributed by atoms with E-state index in [0.29, 0.717) is 41.5 Å². The van der Waals surface area contributed by atoms with Crippen molar-refractivity contribution < 1.29 is 14.3 Å². The average molecular weight is 537 g/mol. The van der Waals surface area contributed by atoms with Crippen molar-refractivity contribution in [2.75, 3.05) is 12.0 Å². The molecule has 1 amide bonds. The summed E-state index contributed by atoms with van der Waals surface area (Å²) in [6.45, 7) is 0.256. The molecule has 3 aromatic carbocycles. The van der Waals surface area contributed by atoms with E-state index >= 15 is 0 Å². The van der Waals surface area contributed by atoms with E-state index in [1.165, 1.54) is 23.8 Å². The molecule has 1 aliphatic rings. The zero-order valence-electron chi connectivity index (χ0n) is 17.2. The molecule has 0 bridgehead atoms. The van der Waals surface area contributed by atoms with Gasteiger partial charge in [-0.3, -0.25) is 9.69 Å². The van der Waals surface area contributed by atoms with Gasteiger partial charge >= 0.3 is 0 Å². The standard InChI is InChI=1S/C24H16Cl3NO3S2/c1-30-21-9-8-17(12-19(21)27)28-23(29)22(33-24(28)32)10-14-4-2-3-5-20(14)31-13-15-6-7-16(25)11-18(15)26/h2-12H,13H2,1H3/b22-10+. The Bertz CT molecular complexity index is 1280. The molecule has 1 aliphatic heterocycles. The van der Waals surface area contributed by atoms with Gasteiger partial charge < -0.3 is 9.47 Å². The lowest BCUT2D eigenvalue weighted by Gasteiger charge is -2.15. The van der Waals surface area contributed by atoms with Crippen molar-refractivity contribution in [2.24, 2.45) is 0 Å². The summed E-state index contributed by atoms with van der Waals surface area (Å²) < 4.78 is 11.6. The zero-order valence-corrected chi connectivity index (χ0v) is 21.1. The minimum atomic E-state index is -0.234. The number of halogens is 3. The lowest BCUT2D eigenvalue weighted by atomic mass is 10.1. The van der Waals surface area contributed by atoms with Gasteiger partial charge in [-0.2, -0.15) is 0 Å². The number of methoxy groups -OCH3 is 1. The smallest absolute Gasteiger partial charge is 0.270 e. The number of thioether (sulfide) groups is 1. The minimum absolute atomic E-state index is 0.234. The lowest BCUT2D eigenvalue weighted by molar-refractivity contribution is -0.113. The fourth-order valence-corrected chi connectivity index (χ4v) is 5.16. The molecular weight excluding hydrogens is 521 g/mol. The lowest BCUT2D eigenvalue weighted by Crippen LogP contribution is -2.27. The maximum Gasteiger partial charge on any atom is 0.270 e. The van der Waals surface area contributed by atoms with Crippen LogP contribution in [0.5, 0.6) is 11.5 Å². The Hall–Kier alpha value is -2.22. The minimum Gasteiger partial charge on any atom is -0.495 e. The van der Waals surface area contributed by atoms with Gasteiger partial charge in [0.05, 0.1) is 22.7 Å². The van der Waals surface area contributed by atoms with Crippen LogP contribution in [0.2, 0.25) is 15.1 Å². The summed E-state index contributed by atoms with van der Waals surface area (Å²) in [7, 11) is 1.53. The normalized spacial score (nSPS) is 14.8. The van der Waals surface area contributed by atoms with Crippen molar-refractivity contribution in [3.63, 3.8) is 0 Å². The van der Waals surface area contributed by atoms with E-state index in [4.69, 9.17) is 56.5 Å². The average Bonchev–Trinajstić information content (AvgIpc) is 3.06. The van der Waals surface area contributed by atoms with E-state index in [1.54, 1.807) is 36.4 Å². The topological polar surface area (TPSA) is 38.8 Å². The number of rotatable bonds is 6. The molecular formula is C24H16Cl3NO3S2. The molecule has 0 saturated carbocycles. The Morgan fingerprint density at radius 1 is 1.00 bits per heavy atom. The van der Waals surface area contributed by atoms with Crippen LogP contribution in [0.25, 0.3) is 6.08 Å². The summed E-state index contributed by atoms with van der Waals surface area (Å²) in [5.74, 6) is 0.899. The number of carbonyl (C=O) groups excluding carboxylic acids is 1. The maximum atomic E-state index is 13.2. The van der Waals surface area contributed by atoms with Gasteiger partial charge in [0.2, 0.25) is 0 Å². The Labute approximate surface area is 216 Å². The quantitative estimate of drug-likeness (QED) is 0.239. The number of nitrogens with zero attached hydrogens (tertiary/aromatic N) is 1. The third-order valence-corrected chi connectivity index (χ3v) is 6.98. The second kappa shape index (κ2) is 10.4. The number of anilines is 1. The number of thiocarbonyl (C=S) groups is 1. The van der Waals surface area contributed by atoms with Crippen LogP contribution in [0.1, 0.15) is 11.1 Å². The molecule has 168 valence electrons. The van der Waals surface area contributed by atoms with Crippen LogP contribution in [0, 0.1) is 0 Å². The summed E-state index contributed by atoms with van der Waals surface area (Å²) in [5.41, 5.74) is 2.13. The first-order valence-corrected chi connectivity index (χ1v) is 12.0. The molecule has 0 radical (unpaired) electrons. The van der Waals surface area contributed by atoms with E-state index < -0.39 is 0 Å². The number of ether oxygens (including phenoxy) is 2. The second-order valence-corrected chi connectivity index (χ2v) is 9.82. The van der Waals surface area contributed by atoms with E-state index in [0.717, 1.165) is 11.1 Å². The number of amides is 1. The molecule has 0 aromatic heterocycles. The Balaban J connectivity index is 1.57. The highest BCUT2D eigenvalue weighted by Gasteiger charge is 2.33. The predicted molar refractivity (Wildman–Crippen MR) is 141 cm³/mol. The van der Waals surface area contributed by atoms with Crippen molar-refractivity contribution in [1.29, 1.82) is 0 Å². The van der Waals surface area contributed by atoms with Crippen molar-refractivity contribution in [1.82, 2.24) is 0 Å². The largest absolute Gasteiger partial charge is 0.495 e. The molecule has 1 saturated heterocycles. The zero-order chi connectivity index (χ0) is 23.5. The van der Waals surface area contributed by atoms with Crippen LogP contribution >= 0.6 is 58.8 Å². The van der Waals surface area contributed by atoms with Gasteiger partial charge in [-0.15, -0.1) is 0 Å². The van der Waals surface area contributed by atoms with Crippen LogP contribution in [0.3, 0.4) is 0 Å². The fourth-order valence-electron chi connectivity index (χ4n) is 3.15. The van der Waals surface area contributed by atoms with Crippen LogP contribution in [0.4, 0.5) is 5.69 Å². The summed E-state index contributed by atoms with van der Waals surface area (Å²) in [6, 6.07) is 17.8. The molecule has 4 nitrogen and oxygen atoms in total. The van der Waals surface area contributed by atoms with Crippen molar-refractivity contribution >= 4 is 80.8 Å². The first kappa shape index (κ1) is 23.9. The molecule has 3 aromatic rings. The van der Waals surface area contributed by atoms with E-state index in [1.807, 2.05) is 30.3 Å². The number of hydrogen-bond donors (Lipinski definition) is 0. The molecule has 0 atom stereocenters. The molecule has 0 unspecified atom stereocenters. The molecule has 1 heterocycles. The highest BCUT2D eigenvalue weighted by atomic mass is 35.5. The maximum absolute atomic E-state index is 13.2. The van der Waals surface area contributed by atoms with Crippen LogP contribution in [0.15, 0.2) is 65.6 Å². The van der Waals surface area contributed by atoms with Crippen molar-refractivity contribution in [3.8, 4) is 11.5 Å². The van der Waals surface area contributed by atoms with Crippen molar-refractivity contribution in [2.45, 2.75) is 6.61 Å². The van der Waals surface area contributed by atoms with Crippen LogP contribution in [-0.4, -0.2) is 17.3 Å². The van der Waals surface area contributed by atoms with Crippen LogP contribution < -0.4 is 14.4 Å². The fraction of sp³-hybridized carbons (Fsp3) is 0.0833. The molecule has 0 spiro atoms. The van der Waals surface area contributed by atoms with E-state index in [-0.39, 0.29) is 12.5 Å². The first-order chi connectivity index (χ1) is 15.9. The van der Waals surface area contributed by atoms with Gasteiger partial charge in [0.25, 0.3) is 5.91 Å². The van der Waals surface area contributed by atoms with Gasteiger partial charge in [0.15, 0.2) is 4.32 Å². The molecule has 0 aliphatic carbocycles. The summed E-state index contributed by atoms with van der Waals surface area (Å²) >= 11 is 25.1. The Kier molecular flexibility index (Phi) is 7.51. The van der Waals surface area contributed by atoms with Gasteiger partial charge in [-0.1, -0.05) is 83.0 Å². The van der Waals surface area contributed by atoms with Crippen molar-refractivity contribution in [3.05, 3.63) is 91.8 Å². The molecule has 0 N–H and O–H groups in total. The summed E-state index contributed by atoms with van der Waals surface area (Å²) in [6.07, 6.45) is 1.77. The molecule has 1 fully saturated rings. The van der Waals surface area contributed by atoms with Gasteiger partial charge in [0.1, 0.15) is 18.1 Å². The highest BCUT2D eigenvalue weighted by molar-refractivity contribution is 8.27. The third kappa shape index (κ3) is 5.31. The molecule has 33 heavy (non-hydrogen) atoms. The first-order valence-electron chi connectivity index (χ1n) is 9.64. The Morgan fingerprint density at radius 2 is 1.79 bits per heavy atom. The third-order valence-electron chi connectivity index (χ3n) is 4.79. The number of hydrogen-bond acceptors (Lipinski definition) is 5. The van der Waals surface area contributed by atoms with Crippen LogP contribution in [-0.2, 0) is 11.4 Å². The SMILES string of the molecule is COc1ccc(N2C(=O)/C(=C\c3ccccc3OCc3ccc(Cl)cc3Cl)SC2=S)cc1Cl. The van der Waals surface area contributed by atoms with E-state index in [9.17, 15) is 4.79 Å². The monoisotopic (exact) mass is 535 g/mol. The van der Waals surface area contributed by atoms with Gasteiger partial charge in [-0.05, 0) is 42.5 Å². The molecule has 4 rings (SSSR count). The number of para-hydroxylation sites is 1. The van der Waals surface area contributed by atoms with Gasteiger partial charge in [0, 0.05) is 21.2 Å². The second-order valence-electron chi connectivity index (χ2n) is 6.90. The Morgan fingerprint density at radius 3 is 2.52 bits per heavy atom. The number of carbonyl (C=O) groups is 1. The number of benzene rings is 3. The summed E-state index contributed by atoms with van der Waals surface area (Å²) in [4.78, 5) is 15.1. The predicted octanol–water partition coefficient (Wildman–Crippen LogP) is 7.64. The molecule has 9 heteroatoms. The summed E-state index contributed by atoms with van der Waals surface area (Å²) in [5, 5.41) is 1.48. The van der Waals surface area contributed by atoms with Gasteiger partial charge in [-0.25, -0.2) is 0 Å². The highest BCUT2D eigenvalue weighted by Crippen LogP contribution is 2.39.